The Hall–Kier alpha value is -2.41. The van der Waals surface area contributed by atoms with Gasteiger partial charge in [-0.15, -0.1) is 0 Å². The highest BCUT2D eigenvalue weighted by molar-refractivity contribution is 7.93. The lowest BCUT2D eigenvalue weighted by Crippen LogP contribution is -2.37. The molecule has 3 rings (SSSR count). The number of nitrogens with one attached hydrogen (secondary N) is 1. The van der Waals surface area contributed by atoms with E-state index in [0.717, 1.165) is 21.8 Å². The molecule has 0 unspecified atom stereocenters. The van der Waals surface area contributed by atoms with Crippen LogP contribution in [-0.4, -0.2) is 26.6 Å². The Bertz CT molecular complexity index is 961. The topological polar surface area (TPSA) is 78.8 Å². The Kier molecular flexibility index (Phi) is 4.51. The quantitative estimate of drug-likeness (QED) is 0.658. The average molecular weight is 359 g/mol. The number of benzene rings is 2. The molecule has 0 fully saturated rings. The third-order valence-electron chi connectivity index (χ3n) is 4.65. The lowest BCUT2D eigenvalue weighted by molar-refractivity contribution is -0.119. The van der Waals surface area contributed by atoms with Gasteiger partial charge in [0, 0.05) is 11.1 Å². The largest absolute Gasteiger partial charge is 0.271 e. The van der Waals surface area contributed by atoms with Gasteiger partial charge >= 0.3 is 0 Å². The number of carbonyl (C=O) groups excluding carboxylic acids is 1. The fourth-order valence-electron chi connectivity index (χ4n) is 2.85. The minimum absolute atomic E-state index is 0.243. The van der Waals surface area contributed by atoms with Crippen molar-refractivity contribution >= 4 is 38.1 Å². The molecule has 132 valence electrons. The molecule has 1 aliphatic heterocycles. The lowest BCUT2D eigenvalue weighted by Gasteiger charge is -2.17. The highest BCUT2D eigenvalue weighted by atomic mass is 32.2. The summed E-state index contributed by atoms with van der Waals surface area (Å²) < 4.78 is 26.8. The van der Waals surface area contributed by atoms with E-state index in [1.165, 1.54) is 0 Å². The molecule has 0 aromatic heterocycles. The Morgan fingerprint density at radius 3 is 2.60 bits per heavy atom. The van der Waals surface area contributed by atoms with Gasteiger partial charge in [0.25, 0.3) is 15.9 Å². The first-order valence-corrected chi connectivity index (χ1v) is 9.67. The summed E-state index contributed by atoms with van der Waals surface area (Å²) in [5.74, 6) is -0.204. The molecule has 2 aromatic carbocycles. The van der Waals surface area contributed by atoms with Gasteiger partial charge in [0.15, 0.2) is 0 Å². The minimum atomic E-state index is -3.73. The first-order valence-electron chi connectivity index (χ1n) is 8.23. The van der Waals surface area contributed by atoms with Crippen LogP contribution in [0.5, 0.6) is 0 Å². The monoisotopic (exact) mass is 359 g/mol. The van der Waals surface area contributed by atoms with Crippen LogP contribution in [0.25, 0.3) is 10.8 Å². The van der Waals surface area contributed by atoms with E-state index in [4.69, 9.17) is 0 Å². The molecular weight excluding hydrogens is 338 g/mol. The standard InChI is InChI=1S/C18H21N3O3S/c1-4-12(2)13(3)19-20-17(22)11-21-15-9-5-7-14-8-6-10-16(18(14)15)25(21,23)24/h5-10,12H,4,11H2,1-3H3,(H,20,22)/b19-13-/t12-/m0/s1. The molecule has 0 radical (unpaired) electrons. The molecule has 1 heterocycles. The van der Waals surface area contributed by atoms with Crippen molar-refractivity contribution in [3.05, 3.63) is 36.4 Å². The number of sulfonamides is 1. The van der Waals surface area contributed by atoms with Crippen LogP contribution in [0.1, 0.15) is 27.2 Å². The van der Waals surface area contributed by atoms with Crippen molar-refractivity contribution in [2.24, 2.45) is 11.0 Å². The highest BCUT2D eigenvalue weighted by Crippen LogP contribution is 2.41. The predicted molar refractivity (Wildman–Crippen MR) is 99.2 cm³/mol. The molecule has 0 bridgehead atoms. The zero-order chi connectivity index (χ0) is 18.2. The van der Waals surface area contributed by atoms with Crippen molar-refractivity contribution in [1.29, 1.82) is 0 Å². The Balaban J connectivity index is 1.87. The SMILES string of the molecule is CC[C@H](C)/C(C)=N\NC(=O)CN1c2cccc3cccc(c23)S1(=O)=O. The van der Waals surface area contributed by atoms with Crippen molar-refractivity contribution in [2.45, 2.75) is 32.1 Å². The number of hydrogen-bond acceptors (Lipinski definition) is 4. The van der Waals surface area contributed by atoms with Gasteiger partial charge in [0.1, 0.15) is 6.54 Å². The second kappa shape index (κ2) is 6.48. The molecule has 0 saturated carbocycles. The smallest absolute Gasteiger partial charge is 0.265 e. The summed E-state index contributed by atoms with van der Waals surface area (Å²) in [4.78, 5) is 12.5. The van der Waals surface area contributed by atoms with Crippen LogP contribution < -0.4 is 9.73 Å². The highest BCUT2D eigenvalue weighted by Gasteiger charge is 2.36. The van der Waals surface area contributed by atoms with E-state index in [0.29, 0.717) is 11.1 Å². The van der Waals surface area contributed by atoms with Crippen molar-refractivity contribution in [2.75, 3.05) is 10.8 Å². The van der Waals surface area contributed by atoms with Crippen LogP contribution in [0.4, 0.5) is 5.69 Å². The molecule has 7 heteroatoms. The fraction of sp³-hybridized carbons (Fsp3) is 0.333. The number of rotatable bonds is 5. The van der Waals surface area contributed by atoms with Crippen LogP contribution in [-0.2, 0) is 14.8 Å². The Morgan fingerprint density at radius 1 is 1.24 bits per heavy atom. The summed E-state index contributed by atoms with van der Waals surface area (Å²) in [6.45, 7) is 5.61. The van der Waals surface area contributed by atoms with E-state index < -0.39 is 15.9 Å². The number of anilines is 1. The van der Waals surface area contributed by atoms with Crippen molar-refractivity contribution in [3.8, 4) is 0 Å². The number of hydrazone groups is 1. The summed E-state index contributed by atoms with van der Waals surface area (Å²) in [5.41, 5.74) is 3.81. The van der Waals surface area contributed by atoms with Gasteiger partial charge < -0.3 is 0 Å². The van der Waals surface area contributed by atoms with E-state index in [9.17, 15) is 13.2 Å². The maximum atomic E-state index is 12.8. The first kappa shape index (κ1) is 17.4. The zero-order valence-corrected chi connectivity index (χ0v) is 15.3. The van der Waals surface area contributed by atoms with Gasteiger partial charge in [-0.1, -0.05) is 38.1 Å². The van der Waals surface area contributed by atoms with E-state index in [1.54, 1.807) is 24.3 Å². The van der Waals surface area contributed by atoms with E-state index in [1.807, 2.05) is 32.9 Å². The summed E-state index contributed by atoms with van der Waals surface area (Å²) in [6.07, 6.45) is 0.920. The summed E-state index contributed by atoms with van der Waals surface area (Å²) in [5, 5.41) is 5.58. The molecule has 1 atom stereocenters. The molecule has 0 spiro atoms. The van der Waals surface area contributed by atoms with Gasteiger partial charge in [-0.25, -0.2) is 13.8 Å². The van der Waals surface area contributed by atoms with Crippen LogP contribution >= 0.6 is 0 Å². The summed E-state index contributed by atoms with van der Waals surface area (Å²) >= 11 is 0. The molecule has 0 aliphatic carbocycles. The average Bonchev–Trinajstić information content (AvgIpc) is 2.82. The lowest BCUT2D eigenvalue weighted by atomic mass is 10.1. The van der Waals surface area contributed by atoms with Crippen LogP contribution in [0.3, 0.4) is 0 Å². The third-order valence-corrected chi connectivity index (χ3v) is 6.45. The normalized spacial score (nSPS) is 16.9. The molecule has 1 N–H and O–H groups in total. The number of carbonyl (C=O) groups is 1. The van der Waals surface area contributed by atoms with Crippen molar-refractivity contribution in [3.63, 3.8) is 0 Å². The third kappa shape index (κ3) is 3.00. The number of amides is 1. The van der Waals surface area contributed by atoms with Crippen LogP contribution in [0, 0.1) is 5.92 Å². The van der Waals surface area contributed by atoms with Crippen molar-refractivity contribution < 1.29 is 13.2 Å². The zero-order valence-electron chi connectivity index (χ0n) is 14.5. The van der Waals surface area contributed by atoms with Gasteiger partial charge in [-0.2, -0.15) is 5.10 Å². The summed E-state index contributed by atoms with van der Waals surface area (Å²) in [6, 6.07) is 10.5. The number of nitrogens with zero attached hydrogens (tertiary/aromatic N) is 2. The van der Waals surface area contributed by atoms with Gasteiger partial charge in [0.05, 0.1) is 10.6 Å². The van der Waals surface area contributed by atoms with E-state index >= 15 is 0 Å². The van der Waals surface area contributed by atoms with Gasteiger partial charge in [-0.05, 0) is 36.8 Å². The Labute approximate surface area is 147 Å². The van der Waals surface area contributed by atoms with E-state index in [2.05, 4.69) is 10.5 Å². The predicted octanol–water partition coefficient (Wildman–Crippen LogP) is 2.89. The second-order valence-corrected chi connectivity index (χ2v) is 8.07. The molecule has 1 amide bonds. The molecule has 6 nitrogen and oxygen atoms in total. The first-order chi connectivity index (χ1) is 11.9. The van der Waals surface area contributed by atoms with Crippen molar-refractivity contribution in [1.82, 2.24) is 5.43 Å². The molecule has 0 saturated heterocycles. The van der Waals surface area contributed by atoms with E-state index in [-0.39, 0.29) is 17.4 Å². The fourth-order valence-corrected chi connectivity index (χ4v) is 4.52. The molecule has 1 aliphatic rings. The molecular formula is C18H21N3O3S. The van der Waals surface area contributed by atoms with Crippen LogP contribution in [0.2, 0.25) is 0 Å². The van der Waals surface area contributed by atoms with Gasteiger partial charge in [0.2, 0.25) is 0 Å². The van der Waals surface area contributed by atoms with Crippen LogP contribution in [0.15, 0.2) is 46.4 Å². The van der Waals surface area contributed by atoms with Gasteiger partial charge in [-0.3, -0.25) is 9.10 Å². The maximum absolute atomic E-state index is 12.8. The summed E-state index contributed by atoms with van der Waals surface area (Å²) in [7, 11) is -3.73. The molecule has 2 aromatic rings. The Morgan fingerprint density at radius 2 is 1.92 bits per heavy atom. The minimum Gasteiger partial charge on any atom is -0.271 e. The maximum Gasteiger partial charge on any atom is 0.265 e. The second-order valence-electron chi connectivity index (χ2n) is 6.24. The molecule has 25 heavy (non-hydrogen) atoms. The number of hydrogen-bond donors (Lipinski definition) is 1.